The fourth-order valence-electron chi connectivity index (χ4n) is 2.93. The van der Waals surface area contributed by atoms with Crippen molar-refractivity contribution in [2.75, 3.05) is 0 Å². The van der Waals surface area contributed by atoms with Gasteiger partial charge in [0.05, 0.1) is 0 Å². The van der Waals surface area contributed by atoms with Crippen molar-refractivity contribution >= 4 is 0 Å². The number of rotatable bonds is 0. The summed E-state index contributed by atoms with van der Waals surface area (Å²) >= 11 is 0. The monoisotopic (exact) mass is 141 g/mol. The second-order valence-corrected chi connectivity index (χ2v) is 3.82. The lowest BCUT2D eigenvalue weighted by Crippen LogP contribution is -3.08. The van der Waals surface area contributed by atoms with Crippen LogP contribution < -0.4 is 5.23 Å². The molecule has 56 valence electrons. The summed E-state index contributed by atoms with van der Waals surface area (Å²) < 4.78 is 0. The van der Waals surface area contributed by atoms with E-state index < -0.39 is 0 Å². The molecule has 2 bridgehead atoms. The lowest BCUT2D eigenvalue weighted by atomic mass is 9.95. The van der Waals surface area contributed by atoms with Crippen molar-refractivity contribution in [2.45, 2.75) is 31.4 Å². The molecule has 0 amide bonds. The van der Waals surface area contributed by atoms with Crippen LogP contribution in [-0.4, -0.2) is 12.1 Å². The van der Waals surface area contributed by atoms with Crippen LogP contribution >= 0.6 is 0 Å². The van der Waals surface area contributed by atoms with Gasteiger partial charge in [0.2, 0.25) is 0 Å². The molecule has 3 heteroatoms. The molecule has 1 N–H and O–H groups in total. The molecular formula is C7H11NO2. The zero-order chi connectivity index (χ0) is 6.72. The molecule has 1 saturated heterocycles. The number of hydrogen-bond donors (Lipinski definition) is 1. The molecular weight excluding hydrogens is 130 g/mol. The van der Waals surface area contributed by atoms with Crippen LogP contribution in [0.2, 0.25) is 0 Å². The van der Waals surface area contributed by atoms with Crippen molar-refractivity contribution in [1.29, 1.82) is 0 Å². The number of hydroxylamine groups is 2. The Labute approximate surface area is 59.5 Å². The first-order valence-corrected chi connectivity index (χ1v) is 4.05. The van der Waals surface area contributed by atoms with E-state index in [0.29, 0.717) is 18.1 Å². The SMILES string of the molecule is [O-][NH+]1OC2CC3CC1[C@@H]2C3. The standard InChI is InChI=1S/C7H11NO2/c9-8-6-2-4-1-5(6)7(3-4)10-8/h4-8H,1-3H2/t4?,5-,6?,7?/m0/s1. The minimum atomic E-state index is 0.0926. The molecule has 0 aromatic heterocycles. The van der Waals surface area contributed by atoms with E-state index in [4.69, 9.17) is 4.84 Å². The third-order valence-corrected chi connectivity index (χ3v) is 3.32. The van der Waals surface area contributed by atoms with Crippen LogP contribution in [0.1, 0.15) is 19.3 Å². The summed E-state index contributed by atoms with van der Waals surface area (Å²) in [5.74, 6) is 1.45. The molecule has 2 aliphatic carbocycles. The zero-order valence-electron chi connectivity index (χ0n) is 5.75. The molecule has 10 heavy (non-hydrogen) atoms. The first-order chi connectivity index (χ1) is 4.84. The van der Waals surface area contributed by atoms with Crippen LogP contribution in [0, 0.1) is 17.0 Å². The number of fused-ring (bicyclic) bond motifs is 1. The molecule has 3 fully saturated rings. The Balaban J connectivity index is 1.98. The van der Waals surface area contributed by atoms with Gasteiger partial charge in [0.15, 0.2) is 0 Å². The largest absolute Gasteiger partial charge is 0.600 e. The van der Waals surface area contributed by atoms with Gasteiger partial charge in [0, 0.05) is 12.3 Å². The van der Waals surface area contributed by atoms with E-state index in [9.17, 15) is 5.21 Å². The maximum atomic E-state index is 11.1. The molecule has 5 atom stereocenters. The Morgan fingerprint density at radius 2 is 2.20 bits per heavy atom. The predicted octanol–water partition coefficient (Wildman–Crippen LogP) is -0.519. The zero-order valence-corrected chi connectivity index (χ0v) is 5.75. The first-order valence-electron chi connectivity index (χ1n) is 4.05. The summed E-state index contributed by atoms with van der Waals surface area (Å²) in [5, 5.41) is 11.2. The second-order valence-electron chi connectivity index (χ2n) is 3.82. The highest BCUT2D eigenvalue weighted by Crippen LogP contribution is 2.46. The Hall–Kier alpha value is -0.120. The maximum absolute atomic E-state index is 11.1. The summed E-state index contributed by atoms with van der Waals surface area (Å²) in [4.78, 5) is 5.20. The topological polar surface area (TPSA) is 36.7 Å². The average molecular weight is 141 g/mol. The van der Waals surface area contributed by atoms with Gasteiger partial charge in [0.1, 0.15) is 12.1 Å². The number of nitrogens with one attached hydrogen (secondary N) is 1. The fraction of sp³-hybridized carbons (Fsp3) is 1.00. The van der Waals surface area contributed by atoms with Crippen molar-refractivity contribution in [2.24, 2.45) is 11.8 Å². The van der Waals surface area contributed by atoms with E-state index in [0.717, 1.165) is 18.8 Å². The summed E-state index contributed by atoms with van der Waals surface area (Å²) in [7, 11) is 0. The van der Waals surface area contributed by atoms with Crippen molar-refractivity contribution in [3.8, 4) is 0 Å². The third-order valence-electron chi connectivity index (χ3n) is 3.32. The van der Waals surface area contributed by atoms with Gasteiger partial charge in [-0.15, -0.1) is 0 Å². The van der Waals surface area contributed by atoms with Crippen LogP contribution in [-0.2, 0) is 4.84 Å². The summed E-state index contributed by atoms with van der Waals surface area (Å²) in [6, 6.07) is 0.309. The van der Waals surface area contributed by atoms with E-state index >= 15 is 0 Å². The van der Waals surface area contributed by atoms with Crippen molar-refractivity contribution < 1.29 is 10.1 Å². The van der Waals surface area contributed by atoms with Gasteiger partial charge in [-0.2, -0.15) is 0 Å². The third kappa shape index (κ3) is 0.480. The van der Waals surface area contributed by atoms with E-state index in [1.54, 1.807) is 0 Å². The predicted molar refractivity (Wildman–Crippen MR) is 33.8 cm³/mol. The summed E-state index contributed by atoms with van der Waals surface area (Å²) in [5.41, 5.74) is 0. The Morgan fingerprint density at radius 1 is 1.30 bits per heavy atom. The Kier molecular flexibility index (Phi) is 0.854. The molecule has 3 aliphatic rings. The smallest absolute Gasteiger partial charge is 0.126 e. The fourth-order valence-corrected chi connectivity index (χ4v) is 2.93. The van der Waals surface area contributed by atoms with Gasteiger partial charge >= 0.3 is 0 Å². The van der Waals surface area contributed by atoms with Crippen molar-refractivity contribution in [1.82, 2.24) is 0 Å². The van der Waals surface area contributed by atoms with Gasteiger partial charge in [-0.1, -0.05) is 0 Å². The minimum absolute atomic E-state index is 0.0926. The normalized spacial score (nSPS) is 63.9. The molecule has 1 aliphatic heterocycles. The molecule has 0 spiro atoms. The lowest BCUT2D eigenvalue weighted by Gasteiger charge is -2.18. The highest BCUT2D eigenvalue weighted by molar-refractivity contribution is 4.97. The number of hydrogen-bond acceptors (Lipinski definition) is 2. The minimum Gasteiger partial charge on any atom is -0.600 e. The highest BCUT2D eigenvalue weighted by atomic mass is 16.9. The average Bonchev–Trinajstić information content (AvgIpc) is 2.44. The molecule has 2 saturated carbocycles. The van der Waals surface area contributed by atoms with Crippen molar-refractivity contribution in [3.63, 3.8) is 0 Å². The van der Waals surface area contributed by atoms with Gasteiger partial charge in [-0.25, -0.2) is 10.1 Å². The van der Waals surface area contributed by atoms with Crippen LogP contribution in [0.25, 0.3) is 0 Å². The first kappa shape index (κ1) is 5.52. The van der Waals surface area contributed by atoms with Crippen LogP contribution in [0.5, 0.6) is 0 Å². The maximum Gasteiger partial charge on any atom is 0.126 e. The van der Waals surface area contributed by atoms with Gasteiger partial charge in [-0.3, -0.25) is 0 Å². The van der Waals surface area contributed by atoms with Gasteiger partial charge < -0.3 is 5.21 Å². The van der Waals surface area contributed by atoms with E-state index in [1.165, 1.54) is 6.42 Å². The summed E-state index contributed by atoms with van der Waals surface area (Å²) in [6.07, 6.45) is 3.88. The molecule has 0 aromatic rings. The molecule has 3 rings (SSSR count). The molecule has 1 heterocycles. The van der Waals surface area contributed by atoms with E-state index in [2.05, 4.69) is 0 Å². The highest BCUT2D eigenvalue weighted by Gasteiger charge is 2.56. The number of quaternary nitrogens is 1. The molecule has 0 aromatic carbocycles. The molecule has 3 nitrogen and oxygen atoms in total. The van der Waals surface area contributed by atoms with Crippen LogP contribution in [0.3, 0.4) is 0 Å². The second kappa shape index (κ2) is 1.55. The van der Waals surface area contributed by atoms with Crippen LogP contribution in [0.15, 0.2) is 0 Å². The summed E-state index contributed by atoms with van der Waals surface area (Å²) in [6.45, 7) is 0. The molecule has 0 radical (unpaired) electrons. The van der Waals surface area contributed by atoms with Crippen LogP contribution in [0.4, 0.5) is 0 Å². The van der Waals surface area contributed by atoms with Crippen molar-refractivity contribution in [3.05, 3.63) is 5.21 Å². The Bertz CT molecular complexity index is 171. The van der Waals surface area contributed by atoms with Gasteiger partial charge in [0.25, 0.3) is 0 Å². The Morgan fingerprint density at radius 3 is 2.80 bits per heavy atom. The lowest BCUT2D eigenvalue weighted by molar-refractivity contribution is -1.06. The van der Waals surface area contributed by atoms with E-state index in [1.807, 2.05) is 0 Å². The molecule has 4 unspecified atom stereocenters. The van der Waals surface area contributed by atoms with Gasteiger partial charge in [-0.05, 0) is 18.8 Å². The van der Waals surface area contributed by atoms with E-state index in [-0.39, 0.29) is 5.23 Å². The quantitative estimate of drug-likeness (QED) is 0.461.